The Morgan fingerprint density at radius 3 is 2.74 bits per heavy atom. The smallest absolute Gasteiger partial charge is 0.256 e. The first-order valence-electron chi connectivity index (χ1n) is 9.56. The number of likely N-dealkylation sites (N-methyl/N-ethyl adjacent to an activating group) is 1. The molecule has 0 bridgehead atoms. The Labute approximate surface area is 158 Å². The zero-order chi connectivity index (χ0) is 18.8. The van der Waals surface area contributed by atoms with Crippen molar-refractivity contribution in [3.63, 3.8) is 0 Å². The lowest BCUT2D eigenvalue weighted by Crippen LogP contribution is -2.44. The molecule has 0 spiro atoms. The topological polar surface area (TPSA) is 81.3 Å². The molecule has 1 saturated heterocycles. The maximum atomic E-state index is 12.9. The standard InChI is InChI=1S/C20H25N5O2/c1-24-8-10-25(11-9-24)18-12-14(6-7-21-18)22-20(27)16-13-19(26)23-17-5-3-2-4-15(16)17/h6-7,12-13H,2-5,8-11H2,1H3,(H,23,26)(H,21,22,27). The molecule has 0 radical (unpaired) electrons. The molecule has 142 valence electrons. The van der Waals surface area contributed by atoms with Crippen LogP contribution in [0.3, 0.4) is 0 Å². The molecule has 2 aliphatic rings. The van der Waals surface area contributed by atoms with E-state index in [9.17, 15) is 9.59 Å². The molecule has 3 heterocycles. The lowest BCUT2D eigenvalue weighted by molar-refractivity contribution is 0.102. The summed E-state index contributed by atoms with van der Waals surface area (Å²) in [5.41, 5.74) is 2.87. The number of aromatic amines is 1. The Morgan fingerprint density at radius 1 is 1.15 bits per heavy atom. The maximum absolute atomic E-state index is 12.9. The van der Waals surface area contributed by atoms with Crippen LogP contribution in [0.5, 0.6) is 0 Å². The Morgan fingerprint density at radius 2 is 1.93 bits per heavy atom. The third-order valence-electron chi connectivity index (χ3n) is 5.42. The summed E-state index contributed by atoms with van der Waals surface area (Å²) in [7, 11) is 2.11. The van der Waals surface area contributed by atoms with E-state index in [0.29, 0.717) is 11.3 Å². The fraction of sp³-hybridized carbons (Fsp3) is 0.450. The molecule has 27 heavy (non-hydrogen) atoms. The van der Waals surface area contributed by atoms with Gasteiger partial charge >= 0.3 is 0 Å². The number of rotatable bonds is 3. The summed E-state index contributed by atoms with van der Waals surface area (Å²) in [6.07, 6.45) is 5.47. The SMILES string of the molecule is CN1CCN(c2cc(NC(=O)c3cc(=O)[nH]c4c3CCCC4)ccn2)CC1. The predicted octanol–water partition coefficient (Wildman–Crippen LogP) is 1.65. The van der Waals surface area contributed by atoms with E-state index in [1.807, 2.05) is 6.07 Å². The third-order valence-corrected chi connectivity index (χ3v) is 5.42. The van der Waals surface area contributed by atoms with Crippen molar-refractivity contribution >= 4 is 17.4 Å². The fourth-order valence-corrected chi connectivity index (χ4v) is 3.85. The van der Waals surface area contributed by atoms with E-state index in [1.165, 1.54) is 6.07 Å². The lowest BCUT2D eigenvalue weighted by atomic mass is 9.92. The number of anilines is 2. The number of nitrogens with zero attached hydrogens (tertiary/aromatic N) is 3. The lowest BCUT2D eigenvalue weighted by Gasteiger charge is -2.33. The molecule has 1 aliphatic carbocycles. The van der Waals surface area contributed by atoms with Gasteiger partial charge in [-0.05, 0) is 44.4 Å². The number of fused-ring (bicyclic) bond motifs is 1. The summed E-state index contributed by atoms with van der Waals surface area (Å²) in [5.74, 6) is 0.642. The van der Waals surface area contributed by atoms with Crippen LogP contribution in [0, 0.1) is 0 Å². The van der Waals surface area contributed by atoms with Gasteiger partial charge in [0, 0.05) is 55.9 Å². The number of pyridine rings is 2. The summed E-state index contributed by atoms with van der Waals surface area (Å²) in [6, 6.07) is 5.11. The van der Waals surface area contributed by atoms with Gasteiger partial charge in [0.1, 0.15) is 5.82 Å². The zero-order valence-electron chi connectivity index (χ0n) is 15.6. The van der Waals surface area contributed by atoms with Gasteiger partial charge in [0.2, 0.25) is 5.56 Å². The highest BCUT2D eigenvalue weighted by Crippen LogP contribution is 2.23. The van der Waals surface area contributed by atoms with E-state index in [4.69, 9.17) is 0 Å². The number of carbonyl (C=O) groups is 1. The van der Waals surface area contributed by atoms with Crippen LogP contribution in [0.15, 0.2) is 29.2 Å². The maximum Gasteiger partial charge on any atom is 0.256 e. The van der Waals surface area contributed by atoms with E-state index in [-0.39, 0.29) is 11.5 Å². The Hall–Kier alpha value is -2.67. The van der Waals surface area contributed by atoms with Crippen molar-refractivity contribution in [2.45, 2.75) is 25.7 Å². The molecule has 0 aromatic carbocycles. The number of aromatic nitrogens is 2. The van der Waals surface area contributed by atoms with Crippen LogP contribution in [-0.2, 0) is 12.8 Å². The monoisotopic (exact) mass is 367 g/mol. The molecule has 4 rings (SSSR count). The summed E-state index contributed by atoms with van der Waals surface area (Å²) in [4.78, 5) is 36.7. The second-order valence-electron chi connectivity index (χ2n) is 7.36. The Bertz CT molecular complexity index is 899. The molecule has 1 amide bonds. The number of piperazine rings is 1. The Balaban J connectivity index is 1.55. The second kappa shape index (κ2) is 7.52. The van der Waals surface area contributed by atoms with Crippen molar-refractivity contribution in [1.82, 2.24) is 14.9 Å². The van der Waals surface area contributed by atoms with Crippen molar-refractivity contribution in [1.29, 1.82) is 0 Å². The number of carbonyl (C=O) groups excluding carboxylic acids is 1. The quantitative estimate of drug-likeness (QED) is 0.862. The number of H-pyrrole nitrogens is 1. The van der Waals surface area contributed by atoms with Gasteiger partial charge in [-0.25, -0.2) is 4.98 Å². The van der Waals surface area contributed by atoms with Crippen molar-refractivity contribution in [3.8, 4) is 0 Å². The third kappa shape index (κ3) is 3.88. The van der Waals surface area contributed by atoms with Gasteiger partial charge in [-0.2, -0.15) is 0 Å². The van der Waals surface area contributed by atoms with Crippen LogP contribution in [-0.4, -0.2) is 54.0 Å². The average Bonchev–Trinajstić information content (AvgIpc) is 2.68. The first-order valence-corrected chi connectivity index (χ1v) is 9.56. The summed E-state index contributed by atoms with van der Waals surface area (Å²) in [5, 5.41) is 2.96. The van der Waals surface area contributed by atoms with Crippen molar-refractivity contribution in [2.75, 3.05) is 43.4 Å². The molecule has 7 nitrogen and oxygen atoms in total. The number of amides is 1. The predicted molar refractivity (Wildman–Crippen MR) is 106 cm³/mol. The van der Waals surface area contributed by atoms with Crippen molar-refractivity contribution in [3.05, 3.63) is 51.6 Å². The number of hydrogen-bond acceptors (Lipinski definition) is 5. The van der Waals surface area contributed by atoms with E-state index < -0.39 is 0 Å². The molecule has 2 aromatic heterocycles. The van der Waals surface area contributed by atoms with Crippen molar-refractivity contribution < 1.29 is 4.79 Å². The van der Waals surface area contributed by atoms with E-state index in [1.54, 1.807) is 12.3 Å². The number of hydrogen-bond donors (Lipinski definition) is 2. The molecule has 7 heteroatoms. The first-order chi connectivity index (χ1) is 13.1. The van der Waals surface area contributed by atoms with Gasteiger partial charge < -0.3 is 20.1 Å². The van der Waals surface area contributed by atoms with Gasteiger partial charge in [0.15, 0.2) is 0 Å². The minimum Gasteiger partial charge on any atom is -0.354 e. The molecule has 0 unspecified atom stereocenters. The van der Waals surface area contributed by atoms with Crippen molar-refractivity contribution in [2.24, 2.45) is 0 Å². The van der Waals surface area contributed by atoms with Crippen LogP contribution < -0.4 is 15.8 Å². The summed E-state index contributed by atoms with van der Waals surface area (Å²) >= 11 is 0. The fourth-order valence-electron chi connectivity index (χ4n) is 3.85. The molecule has 0 atom stereocenters. The first kappa shape index (κ1) is 17.7. The molecular formula is C20H25N5O2. The highest BCUT2D eigenvalue weighted by atomic mass is 16.2. The minimum absolute atomic E-state index is 0.214. The van der Waals surface area contributed by atoms with Crippen LogP contribution >= 0.6 is 0 Å². The van der Waals surface area contributed by atoms with E-state index >= 15 is 0 Å². The normalized spacial score (nSPS) is 17.4. The van der Waals surface area contributed by atoms with Gasteiger partial charge in [-0.3, -0.25) is 9.59 Å². The number of nitrogens with one attached hydrogen (secondary N) is 2. The van der Waals surface area contributed by atoms with Gasteiger partial charge in [0.05, 0.1) is 5.56 Å². The van der Waals surface area contributed by atoms with Gasteiger partial charge in [0.25, 0.3) is 5.91 Å². The van der Waals surface area contributed by atoms with E-state index in [0.717, 1.165) is 68.9 Å². The van der Waals surface area contributed by atoms with Gasteiger partial charge in [-0.1, -0.05) is 0 Å². The van der Waals surface area contributed by atoms with Crippen LogP contribution in [0.2, 0.25) is 0 Å². The second-order valence-corrected chi connectivity index (χ2v) is 7.36. The molecule has 2 N–H and O–H groups in total. The Kier molecular flexibility index (Phi) is 4.94. The summed E-state index contributed by atoms with van der Waals surface area (Å²) < 4.78 is 0. The zero-order valence-corrected chi connectivity index (χ0v) is 15.6. The molecule has 1 aliphatic heterocycles. The minimum atomic E-state index is -0.227. The average molecular weight is 367 g/mol. The highest BCUT2D eigenvalue weighted by molar-refractivity contribution is 6.05. The van der Waals surface area contributed by atoms with Crippen LogP contribution in [0.25, 0.3) is 0 Å². The molecule has 1 fully saturated rings. The van der Waals surface area contributed by atoms with Crippen LogP contribution in [0.4, 0.5) is 11.5 Å². The summed E-state index contributed by atoms with van der Waals surface area (Å²) in [6.45, 7) is 3.83. The van der Waals surface area contributed by atoms with Gasteiger partial charge in [-0.15, -0.1) is 0 Å². The number of aryl methyl sites for hydroxylation is 1. The highest BCUT2D eigenvalue weighted by Gasteiger charge is 2.20. The van der Waals surface area contributed by atoms with Crippen LogP contribution in [0.1, 0.15) is 34.5 Å². The molecule has 0 saturated carbocycles. The molecule has 2 aromatic rings. The van der Waals surface area contributed by atoms with E-state index in [2.05, 4.69) is 32.1 Å². The largest absolute Gasteiger partial charge is 0.354 e. The molecular weight excluding hydrogens is 342 g/mol.